The molecule has 0 atom stereocenters. The third-order valence-corrected chi connectivity index (χ3v) is 7.37. The number of carbonyl (C=O) groups is 2. The molecule has 35 heavy (non-hydrogen) atoms. The zero-order valence-corrected chi connectivity index (χ0v) is 20.5. The van der Waals surface area contributed by atoms with Crippen molar-refractivity contribution in [1.82, 2.24) is 9.88 Å². The molecule has 0 saturated heterocycles. The number of benzene rings is 3. The van der Waals surface area contributed by atoms with E-state index in [4.69, 9.17) is 4.74 Å². The molecule has 3 aromatic carbocycles. The summed E-state index contributed by atoms with van der Waals surface area (Å²) in [5.74, 6) is -0.338. The maximum absolute atomic E-state index is 13.4. The molecule has 1 aromatic heterocycles. The molecule has 0 fully saturated rings. The van der Waals surface area contributed by atoms with Crippen molar-refractivity contribution in [2.75, 3.05) is 6.73 Å². The number of aromatic carboxylic acids is 1. The fraction of sp³-hybridized carbons (Fsp3) is 0.179. The van der Waals surface area contributed by atoms with Crippen LogP contribution >= 0.6 is 11.3 Å². The summed E-state index contributed by atoms with van der Waals surface area (Å²) >= 11 is 1.39. The fourth-order valence-corrected chi connectivity index (χ4v) is 5.18. The molecule has 176 valence electrons. The third-order valence-electron chi connectivity index (χ3n) is 6.18. The minimum absolute atomic E-state index is 0.113. The first kappa shape index (κ1) is 22.8. The molecule has 1 aliphatic heterocycles. The predicted octanol–water partition coefficient (Wildman–Crippen LogP) is 6.09. The van der Waals surface area contributed by atoms with Crippen molar-refractivity contribution >= 4 is 23.2 Å². The minimum Gasteiger partial charge on any atom is -0.478 e. The molecule has 7 heteroatoms. The highest BCUT2D eigenvalue weighted by Crippen LogP contribution is 2.34. The van der Waals surface area contributed by atoms with Gasteiger partial charge >= 0.3 is 5.97 Å². The number of ether oxygens (including phenoxy) is 1. The largest absolute Gasteiger partial charge is 0.478 e. The summed E-state index contributed by atoms with van der Waals surface area (Å²) in [4.78, 5) is 31.9. The van der Waals surface area contributed by atoms with Gasteiger partial charge in [0.2, 0.25) is 0 Å². The average Bonchev–Trinajstić information content (AvgIpc) is 3.24. The maximum atomic E-state index is 13.4. The molecule has 2 heterocycles. The van der Waals surface area contributed by atoms with Gasteiger partial charge in [0.25, 0.3) is 5.91 Å². The number of carbonyl (C=O) groups excluding carboxylic acids is 1. The summed E-state index contributed by atoms with van der Waals surface area (Å²) in [5, 5.41) is 10.3. The first-order valence-electron chi connectivity index (χ1n) is 11.2. The van der Waals surface area contributed by atoms with Gasteiger partial charge in [0.1, 0.15) is 15.6 Å². The number of fused-ring (bicyclic) bond motifs is 1. The first-order valence-corrected chi connectivity index (χ1v) is 12.1. The SMILES string of the molecule is Cc1ccc(-c2nc(C)c(C(=O)N3COc4ccc(-c5ccc(C)c(C(=O)O)c5)cc4C3)s2)cc1. The van der Waals surface area contributed by atoms with Crippen molar-refractivity contribution in [3.63, 3.8) is 0 Å². The van der Waals surface area contributed by atoms with Gasteiger partial charge in [-0.15, -0.1) is 11.3 Å². The lowest BCUT2D eigenvalue weighted by Crippen LogP contribution is -2.37. The van der Waals surface area contributed by atoms with Gasteiger partial charge in [0, 0.05) is 11.1 Å². The van der Waals surface area contributed by atoms with Crippen LogP contribution in [0.1, 0.15) is 42.4 Å². The van der Waals surface area contributed by atoms with Crippen LogP contribution < -0.4 is 4.74 Å². The molecular formula is C28H24N2O4S. The van der Waals surface area contributed by atoms with Crippen LogP contribution in [0.2, 0.25) is 0 Å². The topological polar surface area (TPSA) is 79.7 Å². The number of thiazole rings is 1. The summed E-state index contributed by atoms with van der Waals surface area (Å²) < 4.78 is 5.89. The van der Waals surface area contributed by atoms with Gasteiger partial charge < -0.3 is 14.7 Å². The number of carboxylic acid groups (broad SMARTS) is 1. The van der Waals surface area contributed by atoms with Crippen LogP contribution in [-0.2, 0) is 6.54 Å². The maximum Gasteiger partial charge on any atom is 0.335 e. The molecule has 1 N–H and O–H groups in total. The Labute approximate surface area is 207 Å². The Bertz CT molecular complexity index is 1460. The summed E-state index contributed by atoms with van der Waals surface area (Å²) in [6.07, 6.45) is 0. The zero-order valence-electron chi connectivity index (χ0n) is 19.7. The molecule has 1 amide bonds. The van der Waals surface area contributed by atoms with E-state index in [1.807, 2.05) is 68.4 Å². The fourth-order valence-electron chi connectivity index (χ4n) is 4.14. The number of nitrogens with zero attached hydrogens (tertiary/aromatic N) is 2. The number of hydrogen-bond acceptors (Lipinski definition) is 5. The van der Waals surface area contributed by atoms with Crippen LogP contribution in [0.25, 0.3) is 21.7 Å². The summed E-state index contributed by atoms with van der Waals surface area (Å²) in [6, 6.07) is 19.2. The second-order valence-electron chi connectivity index (χ2n) is 8.73. The van der Waals surface area contributed by atoms with Gasteiger partial charge in [-0.1, -0.05) is 48.0 Å². The van der Waals surface area contributed by atoms with Gasteiger partial charge in [-0.2, -0.15) is 0 Å². The van der Waals surface area contributed by atoms with Gasteiger partial charge in [-0.25, -0.2) is 9.78 Å². The third kappa shape index (κ3) is 4.42. The normalized spacial score (nSPS) is 12.7. The Morgan fingerprint density at radius 3 is 2.37 bits per heavy atom. The number of hydrogen-bond donors (Lipinski definition) is 1. The zero-order chi connectivity index (χ0) is 24.7. The molecule has 1 aliphatic rings. The van der Waals surface area contributed by atoms with Crippen molar-refractivity contribution < 1.29 is 19.4 Å². The van der Waals surface area contributed by atoms with Gasteiger partial charge in [-0.3, -0.25) is 4.79 Å². The summed E-state index contributed by atoms with van der Waals surface area (Å²) in [5.41, 5.74) is 6.41. The Balaban J connectivity index is 1.40. The number of rotatable bonds is 4. The second-order valence-corrected chi connectivity index (χ2v) is 9.73. The molecular weight excluding hydrogens is 460 g/mol. The van der Waals surface area contributed by atoms with Crippen LogP contribution in [0.5, 0.6) is 5.75 Å². The van der Waals surface area contributed by atoms with Crippen LogP contribution in [-0.4, -0.2) is 33.6 Å². The van der Waals surface area contributed by atoms with E-state index in [9.17, 15) is 14.7 Å². The number of carboxylic acids is 1. The number of aryl methyl sites for hydroxylation is 3. The highest BCUT2D eigenvalue weighted by molar-refractivity contribution is 7.17. The van der Waals surface area contributed by atoms with Crippen LogP contribution in [0, 0.1) is 20.8 Å². The smallest absolute Gasteiger partial charge is 0.335 e. The number of aromatic nitrogens is 1. The molecule has 0 aliphatic carbocycles. The van der Waals surface area contributed by atoms with Gasteiger partial charge in [0.15, 0.2) is 6.73 Å². The monoisotopic (exact) mass is 484 g/mol. The lowest BCUT2D eigenvalue weighted by Gasteiger charge is -2.29. The van der Waals surface area contributed by atoms with E-state index in [-0.39, 0.29) is 18.2 Å². The Kier molecular flexibility index (Phi) is 5.86. The Morgan fingerprint density at radius 1 is 0.943 bits per heavy atom. The quantitative estimate of drug-likeness (QED) is 0.379. The molecule has 4 aromatic rings. The van der Waals surface area contributed by atoms with E-state index in [0.29, 0.717) is 22.7 Å². The van der Waals surface area contributed by atoms with Crippen LogP contribution in [0.4, 0.5) is 0 Å². The van der Waals surface area contributed by atoms with E-state index >= 15 is 0 Å². The molecule has 6 nitrogen and oxygen atoms in total. The molecule has 0 saturated carbocycles. The predicted molar refractivity (Wildman–Crippen MR) is 136 cm³/mol. The van der Waals surface area contributed by atoms with Crippen molar-refractivity contribution in [1.29, 1.82) is 0 Å². The Hall–Kier alpha value is -3.97. The average molecular weight is 485 g/mol. The van der Waals surface area contributed by atoms with Crippen molar-refractivity contribution in [3.8, 4) is 27.4 Å². The lowest BCUT2D eigenvalue weighted by molar-refractivity contribution is 0.0518. The minimum atomic E-state index is -0.952. The lowest BCUT2D eigenvalue weighted by atomic mass is 9.97. The van der Waals surface area contributed by atoms with Crippen LogP contribution in [0.15, 0.2) is 60.7 Å². The van der Waals surface area contributed by atoms with Crippen molar-refractivity contribution in [2.45, 2.75) is 27.3 Å². The summed E-state index contributed by atoms with van der Waals surface area (Å²) in [6.45, 7) is 6.24. The Morgan fingerprint density at radius 2 is 1.63 bits per heavy atom. The standard InChI is InChI=1S/C28H24N2O4S/c1-16-4-7-19(8-5-16)26-29-18(3)25(35-26)27(31)30-14-22-12-20(10-11-24(22)34-15-30)21-9-6-17(2)23(13-21)28(32)33/h4-13H,14-15H2,1-3H3,(H,32,33). The van der Waals surface area contributed by atoms with E-state index in [1.165, 1.54) is 16.9 Å². The van der Waals surface area contributed by atoms with Crippen LogP contribution in [0.3, 0.4) is 0 Å². The first-order chi connectivity index (χ1) is 16.8. The highest BCUT2D eigenvalue weighted by atomic mass is 32.1. The van der Waals surface area contributed by atoms with E-state index in [2.05, 4.69) is 4.98 Å². The molecule has 0 spiro atoms. The highest BCUT2D eigenvalue weighted by Gasteiger charge is 2.27. The van der Waals surface area contributed by atoms with Gasteiger partial charge in [-0.05, 0) is 55.7 Å². The second kappa shape index (κ2) is 9.00. The van der Waals surface area contributed by atoms with E-state index < -0.39 is 5.97 Å². The van der Waals surface area contributed by atoms with Gasteiger partial charge in [0.05, 0.1) is 17.8 Å². The molecule has 0 unspecified atom stereocenters. The number of amides is 1. The molecule has 0 radical (unpaired) electrons. The van der Waals surface area contributed by atoms with Crippen molar-refractivity contribution in [2.24, 2.45) is 0 Å². The van der Waals surface area contributed by atoms with E-state index in [1.54, 1.807) is 17.9 Å². The summed E-state index contributed by atoms with van der Waals surface area (Å²) in [7, 11) is 0. The molecule has 0 bridgehead atoms. The molecule has 5 rings (SSSR count). The van der Waals surface area contributed by atoms with E-state index in [0.717, 1.165) is 33.0 Å². The van der Waals surface area contributed by atoms with Crippen molar-refractivity contribution in [3.05, 3.63) is 93.5 Å².